The first-order chi connectivity index (χ1) is 13.0. The number of amides is 2. The quantitative estimate of drug-likeness (QED) is 0.884. The molecule has 0 bridgehead atoms. The van der Waals surface area contributed by atoms with Gasteiger partial charge in [0.2, 0.25) is 11.8 Å². The highest BCUT2D eigenvalue weighted by atomic mass is 16.3. The number of anilines is 1. The fraction of sp³-hybridized carbons (Fsp3) is 0.364. The standard InChI is InChI=1S/C22H24N2O3/c1-23-19-10-6-5-9-18(19)22(21(23)27,13-16-7-3-2-4-8-16)12-11-20(26)24-14-17(25)15-24/h2-10,17,25H,11-15H2,1H3. The summed E-state index contributed by atoms with van der Waals surface area (Å²) in [5.74, 6) is 0.0524. The normalized spacial score (nSPS) is 21.9. The predicted octanol–water partition coefficient (Wildman–Crippen LogP) is 2.13. The van der Waals surface area contributed by atoms with Crippen LogP contribution in [0.15, 0.2) is 54.6 Å². The summed E-state index contributed by atoms with van der Waals surface area (Å²) < 4.78 is 0. The van der Waals surface area contributed by atoms with Crippen molar-refractivity contribution in [2.45, 2.75) is 30.8 Å². The Kier molecular flexibility index (Phi) is 4.48. The second kappa shape index (κ2) is 6.82. The Labute approximate surface area is 159 Å². The van der Waals surface area contributed by atoms with E-state index in [2.05, 4.69) is 0 Å². The van der Waals surface area contributed by atoms with E-state index in [0.29, 0.717) is 32.4 Å². The minimum absolute atomic E-state index is 0.00701. The Hall–Kier alpha value is -2.66. The van der Waals surface area contributed by atoms with Crippen LogP contribution in [0.3, 0.4) is 0 Å². The van der Waals surface area contributed by atoms with Crippen LogP contribution in [0, 0.1) is 0 Å². The number of likely N-dealkylation sites (N-methyl/N-ethyl adjacent to an activating group) is 1. The molecule has 1 atom stereocenters. The molecule has 2 aromatic rings. The van der Waals surface area contributed by atoms with Gasteiger partial charge >= 0.3 is 0 Å². The molecule has 2 aliphatic heterocycles. The number of likely N-dealkylation sites (tertiary alicyclic amines) is 1. The van der Waals surface area contributed by atoms with E-state index in [9.17, 15) is 14.7 Å². The van der Waals surface area contributed by atoms with Crippen LogP contribution in [0.5, 0.6) is 0 Å². The molecule has 1 unspecified atom stereocenters. The Bertz CT molecular complexity index is 861. The maximum Gasteiger partial charge on any atom is 0.237 e. The molecule has 2 aliphatic rings. The summed E-state index contributed by atoms with van der Waals surface area (Å²) >= 11 is 0. The lowest BCUT2D eigenvalue weighted by Gasteiger charge is -2.37. The third-order valence-corrected chi connectivity index (χ3v) is 5.82. The Morgan fingerprint density at radius 2 is 1.78 bits per heavy atom. The van der Waals surface area contributed by atoms with Gasteiger partial charge in [-0.1, -0.05) is 48.5 Å². The molecule has 0 saturated carbocycles. The smallest absolute Gasteiger partial charge is 0.237 e. The van der Waals surface area contributed by atoms with Gasteiger partial charge in [-0.3, -0.25) is 9.59 Å². The van der Waals surface area contributed by atoms with Gasteiger partial charge in [0, 0.05) is 32.2 Å². The minimum atomic E-state index is -0.730. The van der Waals surface area contributed by atoms with Gasteiger partial charge in [0.1, 0.15) is 0 Å². The second-order valence-corrected chi connectivity index (χ2v) is 7.58. The van der Waals surface area contributed by atoms with Crippen molar-refractivity contribution in [2.75, 3.05) is 25.0 Å². The molecule has 5 nitrogen and oxygen atoms in total. The van der Waals surface area contributed by atoms with Crippen LogP contribution in [-0.4, -0.2) is 48.1 Å². The minimum Gasteiger partial charge on any atom is -0.389 e. The number of fused-ring (bicyclic) bond motifs is 1. The number of nitrogens with zero attached hydrogens (tertiary/aromatic N) is 2. The summed E-state index contributed by atoms with van der Waals surface area (Å²) in [6.45, 7) is 0.796. The molecule has 0 radical (unpaired) electrons. The van der Waals surface area contributed by atoms with Crippen LogP contribution in [0.2, 0.25) is 0 Å². The molecule has 2 aromatic carbocycles. The number of carbonyl (C=O) groups excluding carboxylic acids is 2. The maximum atomic E-state index is 13.4. The van der Waals surface area contributed by atoms with Crippen LogP contribution in [0.1, 0.15) is 24.0 Å². The largest absolute Gasteiger partial charge is 0.389 e. The molecule has 1 saturated heterocycles. The van der Waals surface area contributed by atoms with E-state index in [1.807, 2.05) is 61.6 Å². The number of para-hydroxylation sites is 1. The lowest BCUT2D eigenvalue weighted by molar-refractivity contribution is -0.141. The number of hydrogen-bond acceptors (Lipinski definition) is 3. The van der Waals surface area contributed by atoms with Gasteiger partial charge in [0.05, 0.1) is 11.5 Å². The first kappa shape index (κ1) is 17.7. The molecular weight excluding hydrogens is 340 g/mol. The van der Waals surface area contributed by atoms with Gasteiger partial charge in [-0.25, -0.2) is 0 Å². The van der Waals surface area contributed by atoms with E-state index in [0.717, 1.165) is 16.8 Å². The number of aliphatic hydroxyl groups is 1. The van der Waals surface area contributed by atoms with E-state index in [-0.39, 0.29) is 11.8 Å². The molecular formula is C22H24N2O3. The zero-order valence-corrected chi connectivity index (χ0v) is 15.5. The molecule has 0 aromatic heterocycles. The van der Waals surface area contributed by atoms with Crippen molar-refractivity contribution < 1.29 is 14.7 Å². The molecule has 0 spiro atoms. The first-order valence-corrected chi connectivity index (χ1v) is 9.39. The van der Waals surface area contributed by atoms with Crippen LogP contribution in [-0.2, 0) is 21.4 Å². The van der Waals surface area contributed by atoms with E-state index < -0.39 is 11.5 Å². The predicted molar refractivity (Wildman–Crippen MR) is 103 cm³/mol. The topological polar surface area (TPSA) is 60.9 Å². The average molecular weight is 364 g/mol. The molecule has 0 aliphatic carbocycles. The molecule has 140 valence electrons. The molecule has 5 heteroatoms. The van der Waals surface area contributed by atoms with Gasteiger partial charge in [-0.15, -0.1) is 0 Å². The molecule has 4 rings (SSSR count). The van der Waals surface area contributed by atoms with Gasteiger partial charge in [-0.05, 0) is 30.0 Å². The average Bonchev–Trinajstić information content (AvgIpc) is 2.87. The second-order valence-electron chi connectivity index (χ2n) is 7.58. The van der Waals surface area contributed by atoms with Gasteiger partial charge in [0.15, 0.2) is 0 Å². The highest BCUT2D eigenvalue weighted by Gasteiger charge is 2.49. The van der Waals surface area contributed by atoms with Crippen LogP contribution < -0.4 is 4.90 Å². The maximum absolute atomic E-state index is 13.4. The van der Waals surface area contributed by atoms with Crippen molar-refractivity contribution in [3.05, 3.63) is 65.7 Å². The van der Waals surface area contributed by atoms with Crippen LogP contribution in [0.25, 0.3) is 0 Å². The van der Waals surface area contributed by atoms with Crippen molar-refractivity contribution in [1.82, 2.24) is 4.90 Å². The van der Waals surface area contributed by atoms with Crippen LogP contribution in [0.4, 0.5) is 5.69 Å². The lowest BCUT2D eigenvalue weighted by atomic mass is 9.73. The first-order valence-electron chi connectivity index (χ1n) is 9.39. The van der Waals surface area contributed by atoms with Crippen molar-refractivity contribution in [3.63, 3.8) is 0 Å². The summed E-state index contributed by atoms with van der Waals surface area (Å²) in [6.07, 6.45) is 0.928. The zero-order chi connectivity index (χ0) is 19.0. The number of rotatable bonds is 5. The summed E-state index contributed by atoms with van der Waals surface area (Å²) in [6, 6.07) is 17.9. The number of benzene rings is 2. The third-order valence-electron chi connectivity index (χ3n) is 5.82. The van der Waals surface area contributed by atoms with E-state index in [1.165, 1.54) is 0 Å². The Morgan fingerprint density at radius 1 is 1.11 bits per heavy atom. The van der Waals surface area contributed by atoms with E-state index in [4.69, 9.17) is 0 Å². The van der Waals surface area contributed by atoms with Crippen molar-refractivity contribution in [2.24, 2.45) is 0 Å². The molecule has 2 heterocycles. The fourth-order valence-corrected chi connectivity index (χ4v) is 4.30. The summed E-state index contributed by atoms with van der Waals surface area (Å²) in [5, 5.41) is 9.44. The highest BCUT2D eigenvalue weighted by molar-refractivity contribution is 6.08. The van der Waals surface area contributed by atoms with E-state index in [1.54, 1.807) is 9.80 Å². The van der Waals surface area contributed by atoms with Crippen LogP contribution >= 0.6 is 0 Å². The number of carbonyl (C=O) groups is 2. The van der Waals surface area contributed by atoms with E-state index >= 15 is 0 Å². The van der Waals surface area contributed by atoms with Gasteiger partial charge in [0.25, 0.3) is 0 Å². The van der Waals surface area contributed by atoms with Gasteiger partial charge < -0.3 is 14.9 Å². The van der Waals surface area contributed by atoms with Crippen molar-refractivity contribution in [3.8, 4) is 0 Å². The number of aliphatic hydroxyl groups excluding tert-OH is 1. The lowest BCUT2D eigenvalue weighted by Crippen LogP contribution is -2.53. The van der Waals surface area contributed by atoms with Crippen molar-refractivity contribution >= 4 is 17.5 Å². The van der Waals surface area contributed by atoms with Gasteiger partial charge in [-0.2, -0.15) is 0 Å². The number of hydrogen-bond donors (Lipinski definition) is 1. The molecule has 1 fully saturated rings. The Morgan fingerprint density at radius 3 is 2.48 bits per heavy atom. The highest BCUT2D eigenvalue weighted by Crippen LogP contribution is 2.46. The van der Waals surface area contributed by atoms with Crippen molar-refractivity contribution in [1.29, 1.82) is 0 Å². The SMILES string of the molecule is CN1C(=O)C(CCC(=O)N2CC(O)C2)(Cc2ccccc2)c2ccccc21. The Balaban J connectivity index is 1.66. The summed E-state index contributed by atoms with van der Waals surface area (Å²) in [5.41, 5.74) is 2.28. The fourth-order valence-electron chi connectivity index (χ4n) is 4.30. The molecule has 27 heavy (non-hydrogen) atoms. The summed E-state index contributed by atoms with van der Waals surface area (Å²) in [7, 11) is 1.81. The molecule has 2 amide bonds. The molecule has 1 N–H and O–H groups in total. The number of β-amino-alcohol motifs (C(OH)–C–C–N with tert-alkyl or cyclic N) is 1. The zero-order valence-electron chi connectivity index (χ0n) is 15.5. The monoisotopic (exact) mass is 364 g/mol. The third kappa shape index (κ3) is 3.02. The summed E-state index contributed by atoms with van der Waals surface area (Å²) in [4.78, 5) is 29.3.